The van der Waals surface area contributed by atoms with Crippen LogP contribution in [0.3, 0.4) is 0 Å². The van der Waals surface area contributed by atoms with Crippen LogP contribution in [0.2, 0.25) is 6.32 Å². The molecule has 1 aliphatic rings. The van der Waals surface area contributed by atoms with E-state index in [9.17, 15) is 0 Å². The summed E-state index contributed by atoms with van der Waals surface area (Å²) in [6.07, 6.45) is 4.69. The van der Waals surface area contributed by atoms with Gasteiger partial charge in [0.1, 0.15) is 7.85 Å². The Morgan fingerprint density at radius 1 is 0.824 bits per heavy atom. The zero-order valence-electron chi connectivity index (χ0n) is 10.4. The molecule has 17 heavy (non-hydrogen) atoms. The molecule has 3 rings (SSSR count). The molecule has 0 saturated heterocycles. The van der Waals surface area contributed by atoms with Crippen molar-refractivity contribution in [1.29, 1.82) is 0 Å². The molecular weight excluding hydrogens is 203 g/mol. The molecule has 0 aromatic heterocycles. The lowest BCUT2D eigenvalue weighted by Gasteiger charge is -2.22. The Bertz CT molecular complexity index is 543. The van der Waals surface area contributed by atoms with E-state index in [0.717, 1.165) is 12.8 Å². The molecule has 1 heteroatoms. The first kappa shape index (κ1) is 10.6. The van der Waals surface area contributed by atoms with Crippen molar-refractivity contribution in [3.8, 4) is 0 Å². The van der Waals surface area contributed by atoms with E-state index in [-0.39, 0.29) is 0 Å². The first-order valence-electron chi connectivity index (χ1n) is 6.55. The number of benzene rings is 2. The molecule has 0 atom stereocenters. The highest BCUT2D eigenvalue weighted by Gasteiger charge is 2.16. The van der Waals surface area contributed by atoms with Gasteiger partial charge in [-0.1, -0.05) is 48.8 Å². The highest BCUT2D eigenvalue weighted by atomic mass is 14.2. The number of aryl methyl sites for hydroxylation is 1. The summed E-state index contributed by atoms with van der Waals surface area (Å²) >= 11 is 0. The van der Waals surface area contributed by atoms with E-state index in [2.05, 4.69) is 50.3 Å². The predicted molar refractivity (Wildman–Crippen MR) is 75.6 cm³/mol. The van der Waals surface area contributed by atoms with Crippen molar-refractivity contribution in [3.63, 3.8) is 0 Å². The number of hydrogen-bond acceptors (Lipinski definition) is 0. The van der Waals surface area contributed by atoms with Crippen LogP contribution in [0.15, 0.2) is 42.5 Å². The van der Waals surface area contributed by atoms with Gasteiger partial charge in [-0.2, -0.15) is 0 Å². The second kappa shape index (κ2) is 4.41. The van der Waals surface area contributed by atoms with E-state index in [1.165, 1.54) is 29.4 Å². The molecule has 0 radical (unpaired) electrons. The maximum Gasteiger partial charge on any atom is 0.101 e. The molecule has 1 aliphatic carbocycles. The molecule has 2 aromatic rings. The third-order valence-electron chi connectivity index (χ3n) is 3.76. The van der Waals surface area contributed by atoms with Crippen molar-refractivity contribution in [1.82, 2.24) is 0 Å². The molecule has 0 unspecified atom stereocenters. The minimum atomic E-state index is 1.11. The largest absolute Gasteiger partial charge is 0.101 e. The van der Waals surface area contributed by atoms with E-state index in [4.69, 9.17) is 0 Å². The molecule has 0 nitrogen and oxygen atoms in total. The quantitative estimate of drug-likeness (QED) is 0.582. The summed E-state index contributed by atoms with van der Waals surface area (Å²) in [4.78, 5) is 0. The minimum absolute atomic E-state index is 1.11. The topological polar surface area (TPSA) is 0 Å². The van der Waals surface area contributed by atoms with E-state index >= 15 is 0 Å². The van der Waals surface area contributed by atoms with E-state index in [0.29, 0.717) is 0 Å². The van der Waals surface area contributed by atoms with Crippen molar-refractivity contribution in [2.24, 2.45) is 0 Å². The average Bonchev–Trinajstić information content (AvgIpc) is 2.37. The second-order valence-electron chi connectivity index (χ2n) is 4.93. The van der Waals surface area contributed by atoms with Gasteiger partial charge in [-0.05, 0) is 47.1 Å². The lowest BCUT2D eigenvalue weighted by molar-refractivity contribution is 0.958. The van der Waals surface area contributed by atoms with Gasteiger partial charge in [0.2, 0.25) is 0 Å². The fourth-order valence-electron chi connectivity index (χ4n) is 2.88. The SMILES string of the molecule is BCCc1cccc2c1Cc1ccccc1C2. The fourth-order valence-corrected chi connectivity index (χ4v) is 2.88. The Morgan fingerprint density at radius 3 is 2.29 bits per heavy atom. The lowest BCUT2D eigenvalue weighted by Crippen LogP contribution is -2.09. The summed E-state index contributed by atoms with van der Waals surface area (Å²) in [6, 6.07) is 15.7. The number of fused-ring (bicyclic) bond motifs is 2. The van der Waals surface area contributed by atoms with Gasteiger partial charge in [-0.15, -0.1) is 0 Å². The van der Waals surface area contributed by atoms with Crippen molar-refractivity contribution >= 4 is 7.85 Å². The molecule has 0 bridgehead atoms. The summed E-state index contributed by atoms with van der Waals surface area (Å²) in [5, 5.41) is 0. The van der Waals surface area contributed by atoms with Crippen LogP contribution in [0.1, 0.15) is 27.8 Å². The molecule has 0 N–H and O–H groups in total. The van der Waals surface area contributed by atoms with Crippen LogP contribution in [-0.2, 0) is 19.3 Å². The van der Waals surface area contributed by atoms with Gasteiger partial charge in [-0.25, -0.2) is 0 Å². The monoisotopic (exact) mass is 220 g/mol. The number of rotatable bonds is 2. The third-order valence-corrected chi connectivity index (χ3v) is 3.76. The van der Waals surface area contributed by atoms with Crippen LogP contribution in [0.25, 0.3) is 0 Å². The van der Waals surface area contributed by atoms with E-state index < -0.39 is 0 Å². The van der Waals surface area contributed by atoms with Crippen LogP contribution in [0.5, 0.6) is 0 Å². The normalized spacial score (nSPS) is 12.9. The molecule has 0 spiro atoms. The molecular formula is C16H17B. The van der Waals surface area contributed by atoms with Crippen molar-refractivity contribution in [2.75, 3.05) is 0 Å². The van der Waals surface area contributed by atoms with Crippen LogP contribution < -0.4 is 0 Å². The summed E-state index contributed by atoms with van der Waals surface area (Å²) in [5.41, 5.74) is 7.71. The molecule has 0 saturated carbocycles. The highest BCUT2D eigenvalue weighted by molar-refractivity contribution is 6.08. The van der Waals surface area contributed by atoms with Crippen LogP contribution >= 0.6 is 0 Å². The van der Waals surface area contributed by atoms with Gasteiger partial charge >= 0.3 is 0 Å². The van der Waals surface area contributed by atoms with Crippen LogP contribution in [0.4, 0.5) is 0 Å². The maximum absolute atomic E-state index is 2.30. The maximum atomic E-state index is 2.30. The average molecular weight is 220 g/mol. The molecule has 0 fully saturated rings. The van der Waals surface area contributed by atoms with Gasteiger partial charge in [0.15, 0.2) is 0 Å². The Labute approximate surface area is 104 Å². The van der Waals surface area contributed by atoms with Gasteiger partial charge < -0.3 is 0 Å². The summed E-state index contributed by atoms with van der Waals surface area (Å²) in [7, 11) is 2.26. The summed E-state index contributed by atoms with van der Waals surface area (Å²) in [6.45, 7) is 0. The Morgan fingerprint density at radius 2 is 1.53 bits per heavy atom. The molecule has 84 valence electrons. The predicted octanol–water partition coefficient (Wildman–Crippen LogP) is 2.78. The van der Waals surface area contributed by atoms with Crippen LogP contribution in [-0.4, -0.2) is 7.85 Å². The zero-order valence-corrected chi connectivity index (χ0v) is 10.4. The van der Waals surface area contributed by atoms with Crippen LogP contribution in [0, 0.1) is 0 Å². The van der Waals surface area contributed by atoms with Gasteiger partial charge in [-0.3, -0.25) is 0 Å². The molecule has 0 aliphatic heterocycles. The standard InChI is InChI=1S/C16H17B/c17-9-8-12-6-3-7-15-10-13-4-1-2-5-14(13)11-16(12)15/h1-7H,8-11,17H2. The van der Waals surface area contributed by atoms with Crippen molar-refractivity contribution < 1.29 is 0 Å². The number of hydrogen-bond donors (Lipinski definition) is 0. The molecule has 0 amide bonds. The molecule has 2 aromatic carbocycles. The van der Waals surface area contributed by atoms with E-state index in [1.807, 2.05) is 0 Å². The minimum Gasteiger partial charge on any atom is -0.0771 e. The molecule has 0 heterocycles. The van der Waals surface area contributed by atoms with Gasteiger partial charge in [0.05, 0.1) is 0 Å². The Balaban J connectivity index is 2.05. The highest BCUT2D eigenvalue weighted by Crippen LogP contribution is 2.29. The Hall–Kier alpha value is -1.50. The van der Waals surface area contributed by atoms with Crippen molar-refractivity contribution in [3.05, 3.63) is 70.3 Å². The second-order valence-corrected chi connectivity index (χ2v) is 4.93. The summed E-state index contributed by atoms with van der Waals surface area (Å²) < 4.78 is 0. The lowest BCUT2D eigenvalue weighted by atomic mass is 9.82. The first-order valence-corrected chi connectivity index (χ1v) is 6.55. The zero-order chi connectivity index (χ0) is 11.7. The van der Waals surface area contributed by atoms with E-state index in [1.54, 1.807) is 11.1 Å². The summed E-state index contributed by atoms with van der Waals surface area (Å²) in [5.74, 6) is 0. The smallest absolute Gasteiger partial charge is 0.0771 e. The fraction of sp³-hybridized carbons (Fsp3) is 0.250. The Kier molecular flexibility index (Phi) is 2.76. The van der Waals surface area contributed by atoms with Gasteiger partial charge in [0.25, 0.3) is 0 Å². The first-order chi connectivity index (χ1) is 8.38. The third kappa shape index (κ3) is 1.91. The van der Waals surface area contributed by atoms with Gasteiger partial charge in [0, 0.05) is 0 Å². The van der Waals surface area contributed by atoms with Crippen molar-refractivity contribution in [2.45, 2.75) is 25.6 Å².